The van der Waals surface area contributed by atoms with Gasteiger partial charge in [0.2, 0.25) is 4.96 Å². The van der Waals surface area contributed by atoms with E-state index in [2.05, 4.69) is 15.5 Å². The lowest BCUT2D eigenvalue weighted by atomic mass is 10.2. The molecular weight excluding hydrogens is 303 g/mol. The summed E-state index contributed by atoms with van der Waals surface area (Å²) < 4.78 is 15.5. The molecule has 7 heteroatoms. The standard InChI is InChI=1S/C15H15FN4OS/c1-8(2)13-18-19-15-20(13)9(3)12(22-15)14(21)17-11-7-5-4-6-10(11)16/h4-8H,1-3H3,(H,17,21). The number of halogens is 1. The normalized spacial score (nSPS) is 11.3. The van der Waals surface area contributed by atoms with Crippen molar-refractivity contribution in [2.45, 2.75) is 26.7 Å². The van der Waals surface area contributed by atoms with Crippen molar-refractivity contribution in [1.82, 2.24) is 14.6 Å². The highest BCUT2D eigenvalue weighted by atomic mass is 32.1. The molecule has 3 rings (SSSR count). The van der Waals surface area contributed by atoms with E-state index in [1.165, 1.54) is 23.5 Å². The van der Waals surface area contributed by atoms with E-state index in [1.54, 1.807) is 12.1 Å². The van der Waals surface area contributed by atoms with Gasteiger partial charge in [0.1, 0.15) is 16.5 Å². The molecular formula is C15H15FN4OS. The lowest BCUT2D eigenvalue weighted by Gasteiger charge is -2.06. The molecule has 1 aromatic carbocycles. The van der Waals surface area contributed by atoms with E-state index in [9.17, 15) is 9.18 Å². The van der Waals surface area contributed by atoms with Gasteiger partial charge in [-0.3, -0.25) is 9.20 Å². The van der Waals surface area contributed by atoms with Crippen LogP contribution in [0.2, 0.25) is 0 Å². The highest BCUT2D eigenvalue weighted by Crippen LogP contribution is 2.26. The Hall–Kier alpha value is -2.28. The van der Waals surface area contributed by atoms with Crippen molar-refractivity contribution in [2.24, 2.45) is 0 Å². The first-order chi connectivity index (χ1) is 10.5. The molecule has 22 heavy (non-hydrogen) atoms. The molecule has 1 amide bonds. The van der Waals surface area contributed by atoms with Crippen LogP contribution < -0.4 is 5.32 Å². The van der Waals surface area contributed by atoms with Crippen molar-refractivity contribution in [3.8, 4) is 0 Å². The number of aromatic nitrogens is 3. The molecule has 0 saturated carbocycles. The number of rotatable bonds is 3. The van der Waals surface area contributed by atoms with E-state index in [1.807, 2.05) is 25.2 Å². The predicted molar refractivity (Wildman–Crippen MR) is 84.0 cm³/mol. The summed E-state index contributed by atoms with van der Waals surface area (Å²) >= 11 is 1.25. The van der Waals surface area contributed by atoms with Crippen molar-refractivity contribution in [3.63, 3.8) is 0 Å². The van der Waals surface area contributed by atoms with Crippen LogP contribution in [-0.4, -0.2) is 20.5 Å². The molecule has 0 aliphatic rings. The number of benzene rings is 1. The van der Waals surface area contributed by atoms with Gasteiger partial charge in [0.15, 0.2) is 0 Å². The molecule has 0 aliphatic carbocycles. The van der Waals surface area contributed by atoms with E-state index in [-0.39, 0.29) is 17.5 Å². The number of fused-ring (bicyclic) bond motifs is 1. The summed E-state index contributed by atoms with van der Waals surface area (Å²) in [6, 6.07) is 6.09. The van der Waals surface area contributed by atoms with Gasteiger partial charge in [-0.05, 0) is 19.1 Å². The number of nitrogens with zero attached hydrogens (tertiary/aromatic N) is 3. The number of anilines is 1. The number of carbonyl (C=O) groups is 1. The Bertz CT molecular complexity index is 852. The van der Waals surface area contributed by atoms with Gasteiger partial charge >= 0.3 is 0 Å². The van der Waals surface area contributed by atoms with Crippen LogP contribution in [0, 0.1) is 12.7 Å². The van der Waals surface area contributed by atoms with Crippen molar-refractivity contribution < 1.29 is 9.18 Å². The van der Waals surface area contributed by atoms with Gasteiger partial charge in [-0.1, -0.05) is 37.3 Å². The highest BCUT2D eigenvalue weighted by molar-refractivity contribution is 7.19. The van der Waals surface area contributed by atoms with Crippen LogP contribution in [-0.2, 0) is 0 Å². The Morgan fingerprint density at radius 3 is 2.73 bits per heavy atom. The van der Waals surface area contributed by atoms with Gasteiger partial charge in [-0.2, -0.15) is 0 Å². The molecule has 0 spiro atoms. The minimum absolute atomic E-state index is 0.167. The Kier molecular flexibility index (Phi) is 3.66. The quantitative estimate of drug-likeness (QED) is 0.802. The number of para-hydroxylation sites is 1. The molecule has 5 nitrogen and oxygen atoms in total. The topological polar surface area (TPSA) is 59.3 Å². The summed E-state index contributed by atoms with van der Waals surface area (Å²) in [7, 11) is 0. The van der Waals surface area contributed by atoms with Gasteiger partial charge < -0.3 is 5.32 Å². The van der Waals surface area contributed by atoms with E-state index in [0.717, 1.165) is 11.5 Å². The third-order valence-corrected chi connectivity index (χ3v) is 4.49. The van der Waals surface area contributed by atoms with Crippen molar-refractivity contribution in [1.29, 1.82) is 0 Å². The number of carbonyl (C=O) groups excluding carboxylic acids is 1. The zero-order chi connectivity index (χ0) is 15.9. The third kappa shape index (κ3) is 2.37. The lowest BCUT2D eigenvalue weighted by Crippen LogP contribution is -2.13. The molecule has 0 bridgehead atoms. The number of nitrogens with one attached hydrogen (secondary N) is 1. The van der Waals surface area contributed by atoms with Gasteiger partial charge in [-0.25, -0.2) is 4.39 Å². The summed E-state index contributed by atoms with van der Waals surface area (Å²) in [6.45, 7) is 5.88. The first-order valence-corrected chi connectivity index (χ1v) is 7.71. The number of thiazole rings is 1. The van der Waals surface area contributed by atoms with Gasteiger partial charge in [-0.15, -0.1) is 10.2 Å². The molecule has 0 saturated heterocycles. The van der Waals surface area contributed by atoms with E-state index >= 15 is 0 Å². The second kappa shape index (κ2) is 5.49. The molecule has 2 aromatic heterocycles. The van der Waals surface area contributed by atoms with Crippen LogP contribution >= 0.6 is 11.3 Å². The van der Waals surface area contributed by atoms with Gasteiger partial charge in [0.05, 0.1) is 5.69 Å². The zero-order valence-corrected chi connectivity index (χ0v) is 13.2. The molecule has 0 aliphatic heterocycles. The molecule has 1 N–H and O–H groups in total. The fourth-order valence-corrected chi connectivity index (χ4v) is 3.22. The van der Waals surface area contributed by atoms with Crippen molar-refractivity contribution in [3.05, 3.63) is 46.5 Å². The SMILES string of the molecule is Cc1c(C(=O)Nc2ccccc2F)sc2nnc(C(C)C)n12. The highest BCUT2D eigenvalue weighted by Gasteiger charge is 2.21. The monoisotopic (exact) mass is 318 g/mol. The average Bonchev–Trinajstić information content (AvgIpc) is 3.02. The smallest absolute Gasteiger partial charge is 0.267 e. The Labute approximate surface area is 130 Å². The second-order valence-electron chi connectivity index (χ2n) is 5.28. The van der Waals surface area contributed by atoms with E-state index in [0.29, 0.717) is 9.84 Å². The first-order valence-electron chi connectivity index (χ1n) is 6.89. The summed E-state index contributed by atoms with van der Waals surface area (Å²) in [5.74, 6) is 0.214. The molecule has 0 fully saturated rings. The van der Waals surface area contributed by atoms with Crippen molar-refractivity contribution in [2.75, 3.05) is 5.32 Å². The van der Waals surface area contributed by atoms with Crippen LogP contribution in [0.25, 0.3) is 4.96 Å². The van der Waals surface area contributed by atoms with Crippen LogP contribution in [0.4, 0.5) is 10.1 Å². The molecule has 0 unspecified atom stereocenters. The second-order valence-corrected chi connectivity index (χ2v) is 6.26. The van der Waals surface area contributed by atoms with Gasteiger partial charge in [0.25, 0.3) is 5.91 Å². The third-order valence-electron chi connectivity index (χ3n) is 3.36. The average molecular weight is 318 g/mol. The Morgan fingerprint density at radius 1 is 1.32 bits per heavy atom. The first kappa shape index (κ1) is 14.6. The summed E-state index contributed by atoms with van der Waals surface area (Å²) in [6.07, 6.45) is 0. The van der Waals surface area contributed by atoms with Crippen LogP contribution in [0.1, 0.15) is 41.0 Å². The van der Waals surface area contributed by atoms with Gasteiger partial charge in [0, 0.05) is 11.6 Å². The van der Waals surface area contributed by atoms with Crippen LogP contribution in [0.3, 0.4) is 0 Å². The van der Waals surface area contributed by atoms with E-state index in [4.69, 9.17) is 0 Å². The summed E-state index contributed by atoms with van der Waals surface area (Å²) in [5, 5.41) is 10.9. The number of hydrogen-bond donors (Lipinski definition) is 1. The predicted octanol–water partition coefficient (Wildman–Crippen LogP) is 3.61. The maximum atomic E-state index is 13.6. The maximum absolute atomic E-state index is 13.6. The molecule has 0 radical (unpaired) electrons. The molecule has 0 atom stereocenters. The maximum Gasteiger partial charge on any atom is 0.267 e. The van der Waals surface area contributed by atoms with Crippen LogP contribution in [0.15, 0.2) is 24.3 Å². The summed E-state index contributed by atoms with van der Waals surface area (Å²) in [5.41, 5.74) is 0.933. The Balaban J connectivity index is 1.98. The lowest BCUT2D eigenvalue weighted by molar-refractivity contribution is 0.102. The summed E-state index contributed by atoms with van der Waals surface area (Å²) in [4.78, 5) is 13.6. The fraction of sp³-hybridized carbons (Fsp3) is 0.267. The number of amides is 1. The largest absolute Gasteiger partial charge is 0.319 e. The minimum Gasteiger partial charge on any atom is -0.319 e. The van der Waals surface area contributed by atoms with Crippen molar-refractivity contribution >= 4 is 27.9 Å². The minimum atomic E-state index is -0.459. The molecule has 3 aromatic rings. The number of aryl methyl sites for hydroxylation is 1. The zero-order valence-electron chi connectivity index (χ0n) is 12.4. The fourth-order valence-electron chi connectivity index (χ4n) is 2.26. The Morgan fingerprint density at radius 2 is 2.05 bits per heavy atom. The number of hydrogen-bond acceptors (Lipinski definition) is 4. The van der Waals surface area contributed by atoms with Crippen LogP contribution in [0.5, 0.6) is 0 Å². The van der Waals surface area contributed by atoms with E-state index < -0.39 is 5.82 Å². The molecule has 2 heterocycles. The molecule has 114 valence electrons.